The van der Waals surface area contributed by atoms with Gasteiger partial charge in [-0.15, -0.1) is 0 Å². The minimum absolute atomic E-state index is 0.102. The van der Waals surface area contributed by atoms with Crippen molar-refractivity contribution in [3.05, 3.63) is 27.9 Å². The molecule has 0 aliphatic heterocycles. The van der Waals surface area contributed by atoms with Crippen molar-refractivity contribution in [2.24, 2.45) is 0 Å². The molecule has 1 unspecified atom stereocenters. The Balaban J connectivity index is 2.82. The van der Waals surface area contributed by atoms with Crippen LogP contribution in [0.1, 0.15) is 12.1 Å². The number of nitrogens with zero attached hydrogens (tertiary/aromatic N) is 2. The van der Waals surface area contributed by atoms with E-state index in [0.29, 0.717) is 0 Å². The number of nitrogens with one attached hydrogen (secondary N) is 1. The Morgan fingerprint density at radius 1 is 1.63 bits per heavy atom. The Labute approximate surface area is 109 Å². The summed E-state index contributed by atoms with van der Waals surface area (Å²) in [6.07, 6.45) is 0.267. The van der Waals surface area contributed by atoms with Crippen LogP contribution in [0.25, 0.3) is 0 Å². The number of carboxylic acid groups (broad SMARTS) is 1. The molecule has 0 spiro atoms. The summed E-state index contributed by atoms with van der Waals surface area (Å²) in [4.78, 5) is 25.1. The van der Waals surface area contributed by atoms with E-state index in [2.05, 4.69) is 10.3 Å². The smallest absolute Gasteiger partial charge is 0.326 e. The average Bonchev–Trinajstić information content (AvgIpc) is 2.33. The fourth-order valence-electron chi connectivity index (χ4n) is 1.50. The van der Waals surface area contributed by atoms with E-state index in [-0.39, 0.29) is 30.2 Å². The second kappa shape index (κ2) is 6.64. The molecule has 8 nitrogen and oxygen atoms in total. The number of nitro groups is 1. The number of rotatable bonds is 7. The van der Waals surface area contributed by atoms with E-state index in [1.165, 1.54) is 26.2 Å². The number of anilines is 1. The van der Waals surface area contributed by atoms with Gasteiger partial charge < -0.3 is 15.2 Å². The van der Waals surface area contributed by atoms with Gasteiger partial charge in [-0.2, -0.15) is 0 Å². The van der Waals surface area contributed by atoms with Crippen LogP contribution in [-0.2, 0) is 9.53 Å². The third-order valence-electron chi connectivity index (χ3n) is 2.49. The number of aromatic nitrogens is 1. The van der Waals surface area contributed by atoms with Crippen molar-refractivity contribution >= 4 is 17.5 Å². The van der Waals surface area contributed by atoms with Crippen molar-refractivity contribution in [2.45, 2.75) is 19.4 Å². The molecule has 0 aliphatic rings. The van der Waals surface area contributed by atoms with Gasteiger partial charge in [-0.3, -0.25) is 10.1 Å². The normalized spacial score (nSPS) is 11.9. The quantitative estimate of drug-likeness (QED) is 0.564. The number of ether oxygens (including phenoxy) is 1. The van der Waals surface area contributed by atoms with Gasteiger partial charge in [0.2, 0.25) is 0 Å². The predicted octanol–water partition coefficient (Wildman–Crippen LogP) is 1.20. The van der Waals surface area contributed by atoms with Crippen LogP contribution in [0.3, 0.4) is 0 Å². The van der Waals surface area contributed by atoms with Gasteiger partial charge in [0.25, 0.3) is 5.69 Å². The van der Waals surface area contributed by atoms with E-state index in [4.69, 9.17) is 9.84 Å². The number of aliphatic carboxylic acids is 1. The fraction of sp³-hybridized carbons (Fsp3) is 0.455. The Kier molecular flexibility index (Phi) is 5.19. The van der Waals surface area contributed by atoms with Gasteiger partial charge in [0.1, 0.15) is 17.6 Å². The number of hydrogen-bond donors (Lipinski definition) is 2. The molecule has 0 aliphatic carbocycles. The zero-order chi connectivity index (χ0) is 14.4. The molecule has 1 atom stereocenters. The topological polar surface area (TPSA) is 115 Å². The molecule has 1 rings (SSSR count). The summed E-state index contributed by atoms with van der Waals surface area (Å²) >= 11 is 0. The van der Waals surface area contributed by atoms with E-state index in [0.717, 1.165) is 0 Å². The van der Waals surface area contributed by atoms with Crippen LogP contribution in [0.2, 0.25) is 0 Å². The first-order valence-electron chi connectivity index (χ1n) is 5.56. The van der Waals surface area contributed by atoms with E-state index in [9.17, 15) is 14.9 Å². The second-order valence-corrected chi connectivity index (χ2v) is 3.87. The summed E-state index contributed by atoms with van der Waals surface area (Å²) in [5, 5.41) is 22.4. The lowest BCUT2D eigenvalue weighted by atomic mass is 10.2. The van der Waals surface area contributed by atoms with Gasteiger partial charge in [-0.25, -0.2) is 9.78 Å². The maximum absolute atomic E-state index is 11.0. The molecule has 0 saturated carbocycles. The highest BCUT2D eigenvalue weighted by Gasteiger charge is 2.19. The first-order valence-corrected chi connectivity index (χ1v) is 5.56. The molecule has 0 radical (unpaired) electrons. The first kappa shape index (κ1) is 14.8. The molecule has 0 fully saturated rings. The molecule has 0 bridgehead atoms. The molecular formula is C11H15N3O5. The van der Waals surface area contributed by atoms with Crippen molar-refractivity contribution < 1.29 is 19.6 Å². The maximum atomic E-state index is 11.0. The predicted molar refractivity (Wildman–Crippen MR) is 67.2 cm³/mol. The molecule has 2 N–H and O–H groups in total. The van der Waals surface area contributed by atoms with Crippen LogP contribution in [0.5, 0.6) is 0 Å². The highest BCUT2D eigenvalue weighted by Crippen LogP contribution is 2.18. The Bertz CT molecular complexity index is 477. The highest BCUT2D eigenvalue weighted by atomic mass is 16.6. The van der Waals surface area contributed by atoms with Crippen molar-refractivity contribution in [3.63, 3.8) is 0 Å². The largest absolute Gasteiger partial charge is 0.480 e. The number of carboxylic acids is 1. The molecule has 0 aromatic carbocycles. The Hall–Kier alpha value is -2.22. The van der Waals surface area contributed by atoms with E-state index in [1.807, 2.05) is 0 Å². The van der Waals surface area contributed by atoms with Gasteiger partial charge in [-0.05, 0) is 13.0 Å². The number of hydrogen-bond acceptors (Lipinski definition) is 6. The van der Waals surface area contributed by atoms with Crippen molar-refractivity contribution in [1.29, 1.82) is 0 Å². The molecule has 8 heteroatoms. The van der Waals surface area contributed by atoms with Crippen LogP contribution >= 0.6 is 0 Å². The zero-order valence-corrected chi connectivity index (χ0v) is 10.6. The third kappa shape index (κ3) is 4.18. The molecule has 19 heavy (non-hydrogen) atoms. The molecule has 0 saturated heterocycles. The number of pyridine rings is 1. The van der Waals surface area contributed by atoms with Crippen LogP contribution in [0, 0.1) is 17.0 Å². The fourth-order valence-corrected chi connectivity index (χ4v) is 1.50. The number of aryl methyl sites for hydroxylation is 1. The van der Waals surface area contributed by atoms with Gasteiger partial charge in [0.15, 0.2) is 0 Å². The lowest BCUT2D eigenvalue weighted by molar-refractivity contribution is -0.385. The molecule has 1 aromatic rings. The second-order valence-electron chi connectivity index (χ2n) is 3.87. The summed E-state index contributed by atoms with van der Waals surface area (Å²) in [6, 6.07) is 1.82. The standard InChI is InChI=1S/C11H15N3O5/c1-7-9(14(17)18)3-4-10(12-7)13-8(11(15)16)5-6-19-2/h3-4,8H,5-6H2,1-2H3,(H,12,13)(H,15,16). The Morgan fingerprint density at radius 2 is 2.32 bits per heavy atom. The van der Waals surface area contributed by atoms with E-state index >= 15 is 0 Å². The van der Waals surface area contributed by atoms with Crippen LogP contribution in [-0.4, -0.2) is 40.7 Å². The summed E-state index contributed by atoms with van der Waals surface area (Å²) in [5.41, 5.74) is 0.125. The average molecular weight is 269 g/mol. The van der Waals surface area contributed by atoms with Crippen molar-refractivity contribution in [3.8, 4) is 0 Å². The molecule has 0 amide bonds. The molecule has 104 valence electrons. The first-order chi connectivity index (χ1) is 8.95. The minimum atomic E-state index is -1.03. The third-order valence-corrected chi connectivity index (χ3v) is 2.49. The van der Waals surface area contributed by atoms with Gasteiger partial charge in [0, 0.05) is 26.2 Å². The summed E-state index contributed by atoms with van der Waals surface area (Å²) in [5.74, 6) is -0.749. The zero-order valence-electron chi connectivity index (χ0n) is 10.6. The van der Waals surface area contributed by atoms with E-state index in [1.54, 1.807) is 0 Å². The summed E-state index contributed by atoms with van der Waals surface area (Å²) in [6.45, 7) is 1.78. The molecule has 1 heterocycles. The van der Waals surface area contributed by atoms with Crippen LogP contribution < -0.4 is 5.32 Å². The lowest BCUT2D eigenvalue weighted by Crippen LogP contribution is -2.30. The van der Waals surface area contributed by atoms with Gasteiger partial charge >= 0.3 is 5.97 Å². The SMILES string of the molecule is COCCC(Nc1ccc([N+](=O)[O-])c(C)n1)C(=O)O. The monoisotopic (exact) mass is 269 g/mol. The van der Waals surface area contributed by atoms with Crippen LogP contribution in [0.4, 0.5) is 11.5 Å². The Morgan fingerprint density at radius 3 is 2.79 bits per heavy atom. The molecular weight excluding hydrogens is 254 g/mol. The lowest BCUT2D eigenvalue weighted by Gasteiger charge is -2.14. The summed E-state index contributed by atoms with van der Waals surface area (Å²) < 4.78 is 4.82. The number of carbonyl (C=O) groups is 1. The van der Waals surface area contributed by atoms with Crippen molar-refractivity contribution in [2.75, 3.05) is 19.0 Å². The number of methoxy groups -OCH3 is 1. The van der Waals surface area contributed by atoms with Gasteiger partial charge in [0.05, 0.1) is 4.92 Å². The summed E-state index contributed by atoms with van der Waals surface area (Å²) in [7, 11) is 1.48. The highest BCUT2D eigenvalue weighted by molar-refractivity contribution is 5.76. The van der Waals surface area contributed by atoms with Gasteiger partial charge in [-0.1, -0.05) is 0 Å². The maximum Gasteiger partial charge on any atom is 0.326 e. The van der Waals surface area contributed by atoms with Crippen molar-refractivity contribution in [1.82, 2.24) is 4.98 Å². The molecule has 1 aromatic heterocycles. The van der Waals surface area contributed by atoms with E-state index < -0.39 is 16.9 Å². The van der Waals surface area contributed by atoms with Crippen LogP contribution in [0.15, 0.2) is 12.1 Å². The minimum Gasteiger partial charge on any atom is -0.480 e.